The summed E-state index contributed by atoms with van der Waals surface area (Å²) in [5, 5.41) is 10.7. The predicted molar refractivity (Wildman–Crippen MR) is 428 cm³/mol. The van der Waals surface area contributed by atoms with E-state index in [0.717, 1.165) is 108 Å². The van der Waals surface area contributed by atoms with E-state index in [2.05, 4.69) is 48.5 Å². The lowest BCUT2D eigenvalue weighted by atomic mass is 9.99. The van der Waals surface area contributed by atoms with Gasteiger partial charge in [0.25, 0.3) is 0 Å². The van der Waals surface area contributed by atoms with Crippen molar-refractivity contribution in [2.45, 2.75) is 465 Å². The first-order chi connectivity index (χ1) is 50.3. The molecule has 0 aromatic carbocycles. The summed E-state index contributed by atoms with van der Waals surface area (Å²) in [5.41, 5.74) is 0. The van der Waals surface area contributed by atoms with Crippen LogP contribution in [0.2, 0.25) is 0 Å². The van der Waals surface area contributed by atoms with Gasteiger partial charge in [-0.3, -0.25) is 37.3 Å². The summed E-state index contributed by atoms with van der Waals surface area (Å²) in [4.78, 5) is 73.2. The zero-order valence-electron chi connectivity index (χ0n) is 68.5. The Bertz CT molecular complexity index is 2010. The average molecular weight is 1520 g/mol. The van der Waals surface area contributed by atoms with Gasteiger partial charge < -0.3 is 33.8 Å². The fourth-order valence-corrected chi connectivity index (χ4v) is 14.7. The summed E-state index contributed by atoms with van der Waals surface area (Å²) in [7, 11) is -9.93. The van der Waals surface area contributed by atoms with Crippen molar-refractivity contribution in [3.8, 4) is 0 Å². The number of phosphoric ester groups is 2. The van der Waals surface area contributed by atoms with Crippen LogP contribution in [-0.2, 0) is 65.4 Å². The molecule has 0 rings (SSSR count). The van der Waals surface area contributed by atoms with E-state index in [0.29, 0.717) is 25.7 Å². The van der Waals surface area contributed by atoms with Gasteiger partial charge in [-0.25, -0.2) is 9.13 Å². The number of aliphatic hydroxyl groups excluding tert-OH is 1. The van der Waals surface area contributed by atoms with Crippen molar-refractivity contribution in [2.24, 2.45) is 17.8 Å². The molecule has 0 aliphatic heterocycles. The van der Waals surface area contributed by atoms with E-state index in [4.69, 9.17) is 37.0 Å². The molecule has 104 heavy (non-hydrogen) atoms. The number of hydrogen-bond acceptors (Lipinski definition) is 15. The Morgan fingerprint density at radius 3 is 0.731 bits per heavy atom. The molecule has 3 N–H and O–H groups in total. The molecule has 0 aromatic rings. The molecule has 0 aliphatic carbocycles. The highest BCUT2D eigenvalue weighted by Crippen LogP contribution is 2.45. The van der Waals surface area contributed by atoms with Gasteiger partial charge in [-0.2, -0.15) is 0 Å². The van der Waals surface area contributed by atoms with Gasteiger partial charge in [-0.15, -0.1) is 0 Å². The lowest BCUT2D eigenvalue weighted by molar-refractivity contribution is -0.161. The van der Waals surface area contributed by atoms with E-state index in [9.17, 15) is 43.2 Å². The van der Waals surface area contributed by atoms with Crippen molar-refractivity contribution in [3.05, 3.63) is 0 Å². The molecule has 0 bridgehead atoms. The molecule has 0 aliphatic rings. The standard InChI is InChI=1S/C85H166O17P2/c1-8-10-11-12-13-14-15-16-21-25-32-39-47-54-61-68-84(89)102-81(73-96-83(88)67-60-53-46-41-34-36-43-50-57-64-77(5)6)75-100-104(93,94)98-71-79(86)70-97-103(91,92)99-74-80(72-95-82(87)66-59-52-45-38-31-28-27-29-35-42-49-56-63-76(3)4)101-85(90)69-62-55-48-40-33-26-23-20-18-17-19-22-24-30-37-44-51-58-65-78(7)9-2/h76-81,86H,8-75H2,1-7H3,(H,91,92)(H,93,94)/t78?,79-,80-,81-/m1/s1. The molecule has 0 fully saturated rings. The van der Waals surface area contributed by atoms with E-state index in [1.165, 1.54) is 257 Å². The number of unbranched alkanes of at least 4 members (excludes halogenated alkanes) is 50. The van der Waals surface area contributed by atoms with E-state index < -0.39 is 97.5 Å². The van der Waals surface area contributed by atoms with Gasteiger partial charge >= 0.3 is 39.5 Å². The van der Waals surface area contributed by atoms with Crippen LogP contribution in [0.25, 0.3) is 0 Å². The third-order valence-electron chi connectivity index (χ3n) is 20.2. The Labute approximate surface area is 638 Å². The lowest BCUT2D eigenvalue weighted by Crippen LogP contribution is -2.30. The summed E-state index contributed by atoms with van der Waals surface area (Å²) in [6, 6.07) is 0. The molecule has 0 aromatic heterocycles. The maximum atomic E-state index is 13.1. The minimum atomic E-state index is -4.97. The second kappa shape index (κ2) is 75.1. The van der Waals surface area contributed by atoms with Crippen molar-refractivity contribution in [3.63, 3.8) is 0 Å². The number of hydrogen-bond donors (Lipinski definition) is 3. The SMILES string of the molecule is CCCCCCCCCCCCCCCCCC(=O)O[C@H](COC(=O)CCCCCCCCCCCC(C)C)COP(=O)(O)OC[C@H](O)COP(=O)(O)OC[C@@H](COC(=O)CCCCCCCCCCCCCCC(C)C)OC(=O)CCCCCCCCCCCCCCCCCCCCC(C)CC. The Morgan fingerprint density at radius 1 is 0.279 bits per heavy atom. The Balaban J connectivity index is 5.24. The predicted octanol–water partition coefficient (Wildman–Crippen LogP) is 25.7. The van der Waals surface area contributed by atoms with Crippen molar-refractivity contribution in [2.75, 3.05) is 39.6 Å². The maximum absolute atomic E-state index is 13.1. The number of phosphoric acid groups is 2. The van der Waals surface area contributed by atoms with Gasteiger partial charge in [0.2, 0.25) is 0 Å². The molecule has 0 amide bonds. The van der Waals surface area contributed by atoms with Gasteiger partial charge in [-0.1, -0.05) is 395 Å². The third-order valence-corrected chi connectivity index (χ3v) is 22.1. The molecule has 0 saturated heterocycles. The van der Waals surface area contributed by atoms with Crippen molar-refractivity contribution in [1.29, 1.82) is 0 Å². The minimum Gasteiger partial charge on any atom is -0.462 e. The molecule has 6 atom stereocenters. The van der Waals surface area contributed by atoms with Crippen LogP contribution in [0.1, 0.15) is 447 Å². The van der Waals surface area contributed by atoms with E-state index >= 15 is 0 Å². The lowest BCUT2D eigenvalue weighted by Gasteiger charge is -2.21. The second-order valence-electron chi connectivity index (χ2n) is 31.8. The normalized spacial score (nSPS) is 14.2. The van der Waals surface area contributed by atoms with Gasteiger partial charge in [0.05, 0.1) is 26.4 Å². The highest BCUT2D eigenvalue weighted by atomic mass is 31.2. The topological polar surface area (TPSA) is 237 Å². The number of carbonyl (C=O) groups is 4. The fraction of sp³-hybridized carbons (Fsp3) is 0.953. The third kappa shape index (κ3) is 76.8. The van der Waals surface area contributed by atoms with Crippen LogP contribution < -0.4 is 0 Å². The average Bonchev–Trinajstić information content (AvgIpc) is 0.921. The molecule has 618 valence electrons. The summed E-state index contributed by atoms with van der Waals surface area (Å²) >= 11 is 0. The molecule has 19 heteroatoms. The first kappa shape index (κ1) is 102. The Kier molecular flexibility index (Phi) is 73.7. The first-order valence-electron chi connectivity index (χ1n) is 43.9. The fourth-order valence-electron chi connectivity index (χ4n) is 13.2. The summed E-state index contributed by atoms with van der Waals surface area (Å²) < 4.78 is 68.9. The molecule has 0 radical (unpaired) electrons. The minimum absolute atomic E-state index is 0.108. The summed E-state index contributed by atoms with van der Waals surface area (Å²) in [6.07, 6.45) is 65.1. The van der Waals surface area contributed by atoms with Gasteiger partial charge in [0, 0.05) is 25.7 Å². The second-order valence-corrected chi connectivity index (χ2v) is 34.7. The van der Waals surface area contributed by atoms with Crippen LogP contribution in [0.4, 0.5) is 0 Å². The van der Waals surface area contributed by atoms with Crippen LogP contribution in [-0.4, -0.2) is 96.7 Å². The number of carbonyl (C=O) groups excluding carboxylic acids is 4. The number of aliphatic hydroxyl groups is 1. The van der Waals surface area contributed by atoms with Crippen molar-refractivity contribution in [1.82, 2.24) is 0 Å². The molecule has 3 unspecified atom stereocenters. The van der Waals surface area contributed by atoms with Gasteiger partial charge in [0.15, 0.2) is 12.2 Å². The quantitative estimate of drug-likeness (QED) is 0.0222. The largest absolute Gasteiger partial charge is 0.472 e. The molecule has 0 saturated carbocycles. The van der Waals surface area contributed by atoms with Crippen LogP contribution in [0.5, 0.6) is 0 Å². The van der Waals surface area contributed by atoms with Crippen LogP contribution in [0, 0.1) is 17.8 Å². The highest BCUT2D eigenvalue weighted by molar-refractivity contribution is 7.47. The molecule has 0 heterocycles. The Morgan fingerprint density at radius 2 is 0.490 bits per heavy atom. The van der Waals surface area contributed by atoms with Crippen molar-refractivity contribution < 1.29 is 80.2 Å². The van der Waals surface area contributed by atoms with E-state index in [-0.39, 0.29) is 25.7 Å². The monoisotopic (exact) mass is 1520 g/mol. The van der Waals surface area contributed by atoms with Crippen LogP contribution in [0.3, 0.4) is 0 Å². The molecular weight excluding hydrogens is 1350 g/mol. The molecule has 0 spiro atoms. The Hall–Kier alpha value is -1.94. The zero-order valence-corrected chi connectivity index (χ0v) is 70.3. The van der Waals surface area contributed by atoms with E-state index in [1.54, 1.807) is 0 Å². The van der Waals surface area contributed by atoms with Gasteiger partial charge in [-0.05, 0) is 43.4 Å². The summed E-state index contributed by atoms with van der Waals surface area (Å²) in [6.45, 7) is 12.0. The smallest absolute Gasteiger partial charge is 0.462 e. The van der Waals surface area contributed by atoms with E-state index in [1.807, 2.05) is 0 Å². The number of rotatable bonds is 83. The number of esters is 4. The van der Waals surface area contributed by atoms with Crippen LogP contribution >= 0.6 is 15.6 Å². The van der Waals surface area contributed by atoms with Crippen molar-refractivity contribution >= 4 is 39.5 Å². The summed E-state index contributed by atoms with van der Waals surface area (Å²) in [5.74, 6) is 0.292. The maximum Gasteiger partial charge on any atom is 0.472 e. The zero-order chi connectivity index (χ0) is 76.5. The molecule has 17 nitrogen and oxygen atoms in total. The van der Waals surface area contributed by atoms with Gasteiger partial charge in [0.1, 0.15) is 19.3 Å². The number of ether oxygens (including phenoxy) is 4. The van der Waals surface area contributed by atoms with Crippen LogP contribution in [0.15, 0.2) is 0 Å². The highest BCUT2D eigenvalue weighted by Gasteiger charge is 2.30. The molecular formula is C85H166O17P2. The first-order valence-corrected chi connectivity index (χ1v) is 46.9.